The van der Waals surface area contributed by atoms with E-state index in [1.165, 1.54) is 6.07 Å². The van der Waals surface area contributed by atoms with E-state index >= 15 is 0 Å². The van der Waals surface area contributed by atoms with Gasteiger partial charge in [0.2, 0.25) is 5.91 Å². The third-order valence-electron chi connectivity index (χ3n) is 2.75. The van der Waals surface area contributed by atoms with E-state index in [-0.39, 0.29) is 5.91 Å². The summed E-state index contributed by atoms with van der Waals surface area (Å²) in [7, 11) is 0. The molecule has 0 aliphatic rings. The van der Waals surface area contributed by atoms with Gasteiger partial charge in [-0.2, -0.15) is 0 Å². The fourth-order valence-corrected chi connectivity index (χ4v) is 1.92. The van der Waals surface area contributed by atoms with E-state index in [0.29, 0.717) is 22.7 Å². The number of benzene rings is 2. The van der Waals surface area contributed by atoms with Gasteiger partial charge in [0.25, 0.3) is 5.91 Å². The first kappa shape index (κ1) is 14.1. The van der Waals surface area contributed by atoms with Crippen LogP contribution in [0.25, 0.3) is 0 Å². The molecule has 0 fully saturated rings. The Labute approximate surface area is 121 Å². The first-order valence-corrected chi connectivity index (χ1v) is 6.49. The van der Waals surface area contributed by atoms with E-state index in [1.807, 2.05) is 6.07 Å². The Morgan fingerprint density at radius 2 is 1.75 bits per heavy atom. The third kappa shape index (κ3) is 3.36. The summed E-state index contributed by atoms with van der Waals surface area (Å²) in [6, 6.07) is 13.5. The maximum absolute atomic E-state index is 12.1. The number of amides is 2. The van der Waals surface area contributed by atoms with E-state index in [9.17, 15) is 9.59 Å². The Kier molecular flexibility index (Phi) is 4.38. The molecular formula is C15H13ClN2O2. The number of nitrogens with two attached hydrogens (primary N) is 1. The number of primary amides is 1. The highest BCUT2D eigenvalue weighted by Gasteiger charge is 2.08. The minimum absolute atomic E-state index is 0.265. The predicted octanol–water partition coefficient (Wildman–Crippen LogP) is 2.78. The zero-order valence-corrected chi connectivity index (χ0v) is 11.4. The van der Waals surface area contributed by atoms with E-state index < -0.39 is 5.91 Å². The fourth-order valence-electron chi connectivity index (χ4n) is 1.75. The molecule has 0 aliphatic carbocycles. The number of anilines is 1. The number of nitrogens with one attached hydrogen (secondary N) is 1. The molecular weight excluding hydrogens is 276 g/mol. The van der Waals surface area contributed by atoms with Crippen molar-refractivity contribution in [2.45, 2.75) is 5.88 Å². The average molecular weight is 289 g/mol. The quantitative estimate of drug-likeness (QED) is 0.849. The van der Waals surface area contributed by atoms with Gasteiger partial charge >= 0.3 is 0 Å². The zero-order chi connectivity index (χ0) is 14.5. The second kappa shape index (κ2) is 6.21. The third-order valence-corrected chi connectivity index (χ3v) is 3.06. The van der Waals surface area contributed by atoms with Gasteiger partial charge in [0.05, 0.1) is 0 Å². The summed E-state index contributed by atoms with van der Waals surface area (Å²) in [6.07, 6.45) is 0. The van der Waals surface area contributed by atoms with Gasteiger partial charge < -0.3 is 11.1 Å². The summed E-state index contributed by atoms with van der Waals surface area (Å²) in [6.45, 7) is 0. The van der Waals surface area contributed by atoms with Crippen molar-refractivity contribution in [3.8, 4) is 0 Å². The smallest absolute Gasteiger partial charge is 0.255 e. The molecule has 0 radical (unpaired) electrons. The molecule has 2 aromatic rings. The lowest BCUT2D eigenvalue weighted by molar-refractivity contribution is 0.0996. The number of carbonyl (C=O) groups is 2. The molecule has 20 heavy (non-hydrogen) atoms. The van der Waals surface area contributed by atoms with E-state index in [0.717, 1.165) is 5.56 Å². The van der Waals surface area contributed by atoms with E-state index in [4.69, 9.17) is 17.3 Å². The van der Waals surface area contributed by atoms with Crippen molar-refractivity contribution < 1.29 is 9.59 Å². The molecule has 0 unspecified atom stereocenters. The molecule has 0 bridgehead atoms. The number of rotatable bonds is 4. The summed E-state index contributed by atoms with van der Waals surface area (Å²) in [4.78, 5) is 23.2. The van der Waals surface area contributed by atoms with Gasteiger partial charge in [0, 0.05) is 22.7 Å². The lowest BCUT2D eigenvalue weighted by atomic mass is 10.1. The van der Waals surface area contributed by atoms with Gasteiger partial charge in [-0.05, 0) is 35.9 Å². The van der Waals surface area contributed by atoms with Gasteiger partial charge in [-0.15, -0.1) is 11.6 Å². The summed E-state index contributed by atoms with van der Waals surface area (Å²) in [5.41, 5.74) is 7.43. The van der Waals surface area contributed by atoms with Crippen LogP contribution in [0.1, 0.15) is 26.3 Å². The molecule has 0 spiro atoms. The van der Waals surface area contributed by atoms with Crippen LogP contribution in [-0.2, 0) is 5.88 Å². The Bertz CT molecular complexity index is 656. The van der Waals surface area contributed by atoms with Crippen LogP contribution in [0, 0.1) is 0 Å². The second-order valence-electron chi connectivity index (χ2n) is 4.23. The number of hydrogen-bond donors (Lipinski definition) is 2. The van der Waals surface area contributed by atoms with E-state index in [2.05, 4.69) is 5.32 Å². The maximum atomic E-state index is 12.1. The molecule has 0 atom stereocenters. The molecule has 4 nitrogen and oxygen atoms in total. The minimum Gasteiger partial charge on any atom is -0.366 e. The van der Waals surface area contributed by atoms with Crippen LogP contribution in [0.3, 0.4) is 0 Å². The fraction of sp³-hybridized carbons (Fsp3) is 0.0667. The molecule has 2 aromatic carbocycles. The molecule has 2 amide bonds. The van der Waals surface area contributed by atoms with Crippen LogP contribution in [0.4, 0.5) is 5.69 Å². The van der Waals surface area contributed by atoms with Crippen molar-refractivity contribution in [2.24, 2.45) is 5.73 Å². The van der Waals surface area contributed by atoms with Crippen LogP contribution in [0.2, 0.25) is 0 Å². The molecule has 0 aromatic heterocycles. The normalized spacial score (nSPS) is 10.1. The number of alkyl halides is 1. The summed E-state index contributed by atoms with van der Waals surface area (Å²) in [5, 5.41) is 2.71. The van der Waals surface area contributed by atoms with Crippen LogP contribution in [0.15, 0.2) is 48.5 Å². The highest BCUT2D eigenvalue weighted by atomic mass is 35.5. The topological polar surface area (TPSA) is 72.2 Å². The van der Waals surface area contributed by atoms with Gasteiger partial charge in [-0.1, -0.05) is 18.2 Å². The number of carbonyl (C=O) groups excluding carboxylic acids is 2. The minimum atomic E-state index is -0.537. The van der Waals surface area contributed by atoms with Crippen LogP contribution < -0.4 is 11.1 Å². The van der Waals surface area contributed by atoms with Crippen molar-refractivity contribution >= 4 is 29.1 Å². The van der Waals surface area contributed by atoms with Crippen LogP contribution >= 0.6 is 11.6 Å². The van der Waals surface area contributed by atoms with Crippen molar-refractivity contribution in [3.05, 3.63) is 65.2 Å². The van der Waals surface area contributed by atoms with E-state index in [1.54, 1.807) is 36.4 Å². The second-order valence-corrected chi connectivity index (χ2v) is 4.50. The summed E-state index contributed by atoms with van der Waals surface area (Å²) < 4.78 is 0. The van der Waals surface area contributed by atoms with Gasteiger partial charge in [-0.25, -0.2) is 0 Å². The predicted molar refractivity (Wildman–Crippen MR) is 78.9 cm³/mol. The Hall–Kier alpha value is -2.33. The molecule has 3 N–H and O–H groups in total. The molecule has 5 heteroatoms. The Morgan fingerprint density at radius 1 is 1.05 bits per heavy atom. The molecule has 2 rings (SSSR count). The SMILES string of the molecule is NC(=O)c1cccc(NC(=O)c2cccc(CCl)c2)c1. The Morgan fingerprint density at radius 3 is 2.45 bits per heavy atom. The molecule has 102 valence electrons. The number of hydrogen-bond acceptors (Lipinski definition) is 2. The maximum Gasteiger partial charge on any atom is 0.255 e. The first-order valence-electron chi connectivity index (χ1n) is 5.96. The zero-order valence-electron chi connectivity index (χ0n) is 10.6. The molecule has 0 heterocycles. The molecule has 0 saturated carbocycles. The Balaban J connectivity index is 2.18. The lowest BCUT2D eigenvalue weighted by Crippen LogP contribution is -2.14. The molecule has 0 saturated heterocycles. The monoisotopic (exact) mass is 288 g/mol. The first-order chi connectivity index (χ1) is 9.60. The summed E-state index contributed by atoms with van der Waals surface area (Å²) in [5.74, 6) is -0.456. The van der Waals surface area contributed by atoms with Gasteiger partial charge in [0.15, 0.2) is 0 Å². The van der Waals surface area contributed by atoms with Crippen molar-refractivity contribution in [1.29, 1.82) is 0 Å². The van der Waals surface area contributed by atoms with Crippen molar-refractivity contribution in [2.75, 3.05) is 5.32 Å². The standard InChI is InChI=1S/C15H13ClN2O2/c16-9-10-3-1-5-12(7-10)15(20)18-13-6-2-4-11(8-13)14(17)19/h1-8H,9H2,(H2,17,19)(H,18,20). The molecule has 0 aliphatic heterocycles. The highest BCUT2D eigenvalue weighted by molar-refractivity contribution is 6.17. The van der Waals surface area contributed by atoms with Gasteiger partial charge in [0.1, 0.15) is 0 Å². The average Bonchev–Trinajstić information content (AvgIpc) is 2.47. The van der Waals surface area contributed by atoms with Crippen molar-refractivity contribution in [3.63, 3.8) is 0 Å². The van der Waals surface area contributed by atoms with Crippen molar-refractivity contribution in [1.82, 2.24) is 0 Å². The highest BCUT2D eigenvalue weighted by Crippen LogP contribution is 2.13. The number of halogens is 1. The van der Waals surface area contributed by atoms with Crippen LogP contribution in [-0.4, -0.2) is 11.8 Å². The lowest BCUT2D eigenvalue weighted by Gasteiger charge is -2.07. The van der Waals surface area contributed by atoms with Crippen LogP contribution in [0.5, 0.6) is 0 Å². The largest absolute Gasteiger partial charge is 0.366 e. The van der Waals surface area contributed by atoms with Gasteiger partial charge in [-0.3, -0.25) is 9.59 Å². The summed E-state index contributed by atoms with van der Waals surface area (Å²) >= 11 is 5.74.